The summed E-state index contributed by atoms with van der Waals surface area (Å²) < 4.78 is 5.18. The number of rotatable bonds is 4. The van der Waals surface area contributed by atoms with Crippen LogP contribution in [0.3, 0.4) is 0 Å². The molecule has 0 aliphatic heterocycles. The third-order valence-corrected chi connectivity index (χ3v) is 4.04. The zero-order valence-corrected chi connectivity index (χ0v) is 12.9. The molecule has 1 aromatic carbocycles. The van der Waals surface area contributed by atoms with Crippen LogP contribution in [0.5, 0.6) is 5.75 Å². The first-order valence-electron chi connectivity index (χ1n) is 7.13. The molecule has 5 heteroatoms. The summed E-state index contributed by atoms with van der Waals surface area (Å²) in [6, 6.07) is 8.18. The molecule has 0 bridgehead atoms. The second-order valence-corrected chi connectivity index (χ2v) is 5.60. The van der Waals surface area contributed by atoms with Crippen LogP contribution in [0, 0.1) is 0 Å². The Balaban J connectivity index is 1.82. The molecule has 1 aliphatic rings. The first-order valence-corrected chi connectivity index (χ1v) is 7.51. The quantitative estimate of drug-likeness (QED) is 0.873. The van der Waals surface area contributed by atoms with Crippen LogP contribution < -0.4 is 10.1 Å². The smallest absolute Gasteiger partial charge is 0.224 e. The highest BCUT2D eigenvalue weighted by atomic mass is 35.5. The Hall–Kier alpha value is -1.81. The molecule has 1 aromatic heterocycles. The molecule has 0 radical (unpaired) electrons. The van der Waals surface area contributed by atoms with Crippen molar-refractivity contribution in [1.29, 1.82) is 0 Å². The fourth-order valence-electron chi connectivity index (χ4n) is 2.70. The summed E-state index contributed by atoms with van der Waals surface area (Å²) >= 11 is 6.02. The molecule has 0 saturated carbocycles. The van der Waals surface area contributed by atoms with Crippen molar-refractivity contribution < 1.29 is 4.74 Å². The third kappa shape index (κ3) is 2.95. The second-order valence-electron chi connectivity index (χ2n) is 5.26. The highest BCUT2D eigenvalue weighted by Gasteiger charge is 2.20. The lowest BCUT2D eigenvalue weighted by molar-refractivity contribution is 0.414. The molecule has 1 N–H and O–H groups in total. The number of ether oxygens (including phenoxy) is 1. The summed E-state index contributed by atoms with van der Waals surface area (Å²) in [6.45, 7) is 2.11. The van der Waals surface area contributed by atoms with Crippen molar-refractivity contribution in [3.8, 4) is 5.75 Å². The molecule has 110 valence electrons. The van der Waals surface area contributed by atoms with E-state index in [9.17, 15) is 0 Å². The molecule has 1 atom stereocenters. The van der Waals surface area contributed by atoms with E-state index in [1.165, 1.54) is 11.1 Å². The van der Waals surface area contributed by atoms with Crippen molar-refractivity contribution in [2.45, 2.75) is 32.2 Å². The lowest BCUT2D eigenvalue weighted by atomic mass is 10.1. The Morgan fingerprint density at radius 3 is 2.67 bits per heavy atom. The molecule has 2 aromatic rings. The largest absolute Gasteiger partial charge is 0.497 e. The van der Waals surface area contributed by atoms with Gasteiger partial charge in [0.2, 0.25) is 5.28 Å². The maximum Gasteiger partial charge on any atom is 0.224 e. The van der Waals surface area contributed by atoms with Gasteiger partial charge in [-0.05, 0) is 55.5 Å². The van der Waals surface area contributed by atoms with Crippen molar-refractivity contribution in [3.05, 3.63) is 46.4 Å². The molecule has 1 unspecified atom stereocenters. The summed E-state index contributed by atoms with van der Waals surface area (Å²) in [4.78, 5) is 8.68. The maximum atomic E-state index is 6.02. The molecular weight excluding hydrogens is 286 g/mol. The van der Waals surface area contributed by atoms with Crippen LogP contribution in [0.2, 0.25) is 5.28 Å². The Labute approximate surface area is 129 Å². The van der Waals surface area contributed by atoms with E-state index in [-0.39, 0.29) is 6.04 Å². The summed E-state index contributed by atoms with van der Waals surface area (Å²) in [5.41, 5.74) is 3.47. The Morgan fingerprint density at radius 2 is 1.95 bits per heavy atom. The number of fused-ring (bicyclic) bond motifs is 1. The molecule has 0 amide bonds. The van der Waals surface area contributed by atoms with Gasteiger partial charge in [-0.1, -0.05) is 12.1 Å². The van der Waals surface area contributed by atoms with Gasteiger partial charge in [0, 0.05) is 11.6 Å². The molecule has 0 saturated heterocycles. The van der Waals surface area contributed by atoms with Crippen LogP contribution in [0.25, 0.3) is 0 Å². The van der Waals surface area contributed by atoms with Crippen LogP contribution in [-0.2, 0) is 12.8 Å². The topological polar surface area (TPSA) is 47.0 Å². The molecule has 4 nitrogen and oxygen atoms in total. The first kappa shape index (κ1) is 14.1. The molecule has 21 heavy (non-hydrogen) atoms. The van der Waals surface area contributed by atoms with Crippen molar-refractivity contribution in [3.63, 3.8) is 0 Å². The summed E-state index contributed by atoms with van der Waals surface area (Å²) in [7, 11) is 1.67. The summed E-state index contributed by atoms with van der Waals surface area (Å²) in [5, 5.41) is 3.78. The van der Waals surface area contributed by atoms with Gasteiger partial charge in [0.25, 0.3) is 0 Å². The molecular formula is C16H18ClN3O. The molecule has 3 rings (SSSR count). The Kier molecular flexibility index (Phi) is 3.97. The average Bonchev–Trinajstić information content (AvgIpc) is 2.95. The van der Waals surface area contributed by atoms with Crippen molar-refractivity contribution >= 4 is 17.4 Å². The van der Waals surface area contributed by atoms with E-state index in [0.717, 1.165) is 36.5 Å². The highest BCUT2D eigenvalue weighted by Crippen LogP contribution is 2.30. The number of nitrogens with one attached hydrogen (secondary N) is 1. The molecule has 1 aliphatic carbocycles. The first-order chi connectivity index (χ1) is 10.2. The van der Waals surface area contributed by atoms with E-state index in [1.807, 2.05) is 12.1 Å². The number of aryl methyl sites for hydroxylation is 1. The number of halogens is 1. The number of methoxy groups -OCH3 is 1. The summed E-state index contributed by atoms with van der Waals surface area (Å²) in [5.74, 6) is 1.72. The minimum absolute atomic E-state index is 0.145. The van der Waals surface area contributed by atoms with Crippen LogP contribution in [0.4, 0.5) is 5.82 Å². The lowest BCUT2D eigenvalue weighted by Gasteiger charge is -2.17. The van der Waals surface area contributed by atoms with Gasteiger partial charge in [-0.15, -0.1) is 0 Å². The number of aromatic nitrogens is 2. The van der Waals surface area contributed by atoms with E-state index in [0.29, 0.717) is 5.28 Å². The van der Waals surface area contributed by atoms with Crippen molar-refractivity contribution in [1.82, 2.24) is 9.97 Å². The average molecular weight is 304 g/mol. The standard InChI is InChI=1S/C16H18ClN3O/c1-10(11-6-8-12(21-2)9-7-11)18-15-13-4-3-5-14(13)19-16(17)20-15/h6-10H,3-5H2,1-2H3,(H,18,19,20). The number of hydrogen-bond acceptors (Lipinski definition) is 4. The zero-order chi connectivity index (χ0) is 14.8. The minimum atomic E-state index is 0.145. The molecule has 1 heterocycles. The van der Waals surface area contributed by atoms with Crippen LogP contribution >= 0.6 is 11.6 Å². The van der Waals surface area contributed by atoms with Gasteiger partial charge in [0.05, 0.1) is 12.8 Å². The van der Waals surface area contributed by atoms with E-state index in [4.69, 9.17) is 16.3 Å². The van der Waals surface area contributed by atoms with E-state index < -0.39 is 0 Å². The normalized spacial score (nSPS) is 14.6. The highest BCUT2D eigenvalue weighted by molar-refractivity contribution is 6.28. The summed E-state index contributed by atoms with van der Waals surface area (Å²) in [6.07, 6.45) is 3.13. The Morgan fingerprint density at radius 1 is 1.19 bits per heavy atom. The fourth-order valence-corrected chi connectivity index (χ4v) is 2.89. The van der Waals surface area contributed by atoms with Gasteiger partial charge in [0.1, 0.15) is 11.6 Å². The van der Waals surface area contributed by atoms with E-state index in [2.05, 4.69) is 34.3 Å². The number of benzene rings is 1. The van der Waals surface area contributed by atoms with Gasteiger partial charge in [-0.3, -0.25) is 0 Å². The van der Waals surface area contributed by atoms with Gasteiger partial charge in [0.15, 0.2) is 0 Å². The van der Waals surface area contributed by atoms with Crippen molar-refractivity contribution in [2.24, 2.45) is 0 Å². The fraction of sp³-hybridized carbons (Fsp3) is 0.375. The van der Waals surface area contributed by atoms with Crippen LogP contribution in [0.15, 0.2) is 24.3 Å². The van der Waals surface area contributed by atoms with Crippen LogP contribution in [-0.4, -0.2) is 17.1 Å². The number of nitrogens with zero attached hydrogens (tertiary/aromatic N) is 2. The Bertz CT molecular complexity index is 643. The maximum absolute atomic E-state index is 6.02. The van der Waals surface area contributed by atoms with E-state index >= 15 is 0 Å². The molecule has 0 fully saturated rings. The van der Waals surface area contributed by atoms with Gasteiger partial charge >= 0.3 is 0 Å². The van der Waals surface area contributed by atoms with E-state index in [1.54, 1.807) is 7.11 Å². The van der Waals surface area contributed by atoms with Gasteiger partial charge < -0.3 is 10.1 Å². The third-order valence-electron chi connectivity index (χ3n) is 3.87. The predicted molar refractivity (Wildman–Crippen MR) is 84.1 cm³/mol. The second kappa shape index (κ2) is 5.90. The van der Waals surface area contributed by atoms with Gasteiger partial charge in [-0.25, -0.2) is 9.97 Å². The predicted octanol–water partition coefficient (Wildman–Crippen LogP) is 3.80. The van der Waals surface area contributed by atoms with Crippen molar-refractivity contribution in [2.75, 3.05) is 12.4 Å². The monoisotopic (exact) mass is 303 g/mol. The van der Waals surface area contributed by atoms with Crippen LogP contribution in [0.1, 0.15) is 36.2 Å². The molecule has 0 spiro atoms. The number of hydrogen-bond donors (Lipinski definition) is 1. The zero-order valence-electron chi connectivity index (χ0n) is 12.2. The SMILES string of the molecule is COc1ccc(C(C)Nc2nc(Cl)nc3c2CCC3)cc1. The van der Waals surface area contributed by atoms with Gasteiger partial charge in [-0.2, -0.15) is 0 Å². The minimum Gasteiger partial charge on any atom is -0.497 e. The number of anilines is 1. The lowest BCUT2D eigenvalue weighted by Crippen LogP contribution is -2.11.